The van der Waals surface area contributed by atoms with Crippen molar-refractivity contribution in [3.8, 4) is 11.8 Å². The number of ether oxygens (including phenoxy) is 1. The molecule has 2 aromatic rings. The topological polar surface area (TPSA) is 115 Å². The van der Waals surface area contributed by atoms with E-state index in [0.29, 0.717) is 19.8 Å². The molecule has 0 aromatic heterocycles. The van der Waals surface area contributed by atoms with Crippen molar-refractivity contribution in [2.24, 2.45) is 0 Å². The molecule has 2 aromatic carbocycles. The number of phenols is 1. The third kappa shape index (κ3) is 4.85. The highest BCUT2D eigenvalue weighted by molar-refractivity contribution is 14.1. The average molecular weight is 639 g/mol. The van der Waals surface area contributed by atoms with Crippen LogP contribution < -0.4 is 10.7 Å². The maximum atomic E-state index is 12.8. The number of benzene rings is 2. The summed E-state index contributed by atoms with van der Waals surface area (Å²) in [6.07, 6.45) is 0. The molecule has 0 saturated carbocycles. The Morgan fingerprint density at radius 3 is 2.69 bits per heavy atom. The zero-order valence-electron chi connectivity index (χ0n) is 14.5. The fraction of sp³-hybridized carbons (Fsp3) is 0.167. The molecule has 0 bridgehead atoms. The van der Waals surface area contributed by atoms with Crippen molar-refractivity contribution >= 4 is 74.3 Å². The SMILES string of the molecule is N#Cc1ccc(N[C@H]2C(=O)NN(C(=O)c3ccc(O)cc3)CO[C@H]2I)c(I)c1Cl. The minimum Gasteiger partial charge on any atom is -0.508 e. The lowest BCUT2D eigenvalue weighted by Gasteiger charge is -2.22. The van der Waals surface area contributed by atoms with Crippen molar-refractivity contribution in [3.63, 3.8) is 0 Å². The van der Waals surface area contributed by atoms with Gasteiger partial charge in [-0.1, -0.05) is 11.6 Å². The molecular formula is C18H13ClI2N4O4. The number of rotatable bonds is 3. The average Bonchev–Trinajstić information content (AvgIpc) is 2.85. The van der Waals surface area contributed by atoms with Gasteiger partial charge in [0.25, 0.3) is 11.8 Å². The van der Waals surface area contributed by atoms with Gasteiger partial charge in [0.15, 0.2) is 0 Å². The predicted molar refractivity (Wildman–Crippen MR) is 122 cm³/mol. The van der Waals surface area contributed by atoms with Gasteiger partial charge in [0, 0.05) is 11.3 Å². The summed E-state index contributed by atoms with van der Waals surface area (Å²) < 4.78 is 5.67. The highest BCUT2D eigenvalue weighted by Crippen LogP contribution is 2.31. The number of hydrazine groups is 1. The van der Waals surface area contributed by atoms with E-state index in [2.05, 4.69) is 10.7 Å². The van der Waals surface area contributed by atoms with E-state index in [9.17, 15) is 14.7 Å². The zero-order valence-corrected chi connectivity index (χ0v) is 19.6. The van der Waals surface area contributed by atoms with E-state index in [1.807, 2.05) is 51.3 Å². The summed E-state index contributed by atoms with van der Waals surface area (Å²) in [5, 5.41) is 22.9. The molecule has 2 atom stereocenters. The highest BCUT2D eigenvalue weighted by atomic mass is 127. The molecule has 1 heterocycles. The summed E-state index contributed by atoms with van der Waals surface area (Å²) in [5.74, 6) is -0.908. The summed E-state index contributed by atoms with van der Waals surface area (Å²) in [6, 6.07) is 10.1. The number of nitriles is 1. The van der Waals surface area contributed by atoms with Crippen LogP contribution >= 0.6 is 56.8 Å². The highest BCUT2D eigenvalue weighted by Gasteiger charge is 2.34. The van der Waals surface area contributed by atoms with Crippen LogP contribution in [0.25, 0.3) is 0 Å². The largest absolute Gasteiger partial charge is 0.508 e. The van der Waals surface area contributed by atoms with Gasteiger partial charge in [-0.15, -0.1) is 0 Å². The fourth-order valence-electron chi connectivity index (χ4n) is 2.51. The van der Waals surface area contributed by atoms with Gasteiger partial charge in [0.2, 0.25) is 0 Å². The zero-order chi connectivity index (χ0) is 21.1. The summed E-state index contributed by atoms with van der Waals surface area (Å²) in [6.45, 7) is -0.150. The van der Waals surface area contributed by atoms with E-state index in [4.69, 9.17) is 21.6 Å². The van der Waals surface area contributed by atoms with Crippen molar-refractivity contribution in [3.05, 3.63) is 56.1 Å². The molecule has 0 aliphatic carbocycles. The van der Waals surface area contributed by atoms with Crippen LogP contribution in [0.5, 0.6) is 5.75 Å². The lowest BCUT2D eigenvalue weighted by molar-refractivity contribution is -0.124. The van der Waals surface area contributed by atoms with Gasteiger partial charge in [0.05, 0.1) is 14.2 Å². The molecule has 8 nitrogen and oxygen atoms in total. The second kappa shape index (κ2) is 9.33. The third-order valence-corrected chi connectivity index (χ3v) is 6.94. The molecule has 0 spiro atoms. The normalized spacial score (nSPS) is 19.1. The molecule has 0 radical (unpaired) electrons. The van der Waals surface area contributed by atoms with Crippen LogP contribution in [0.2, 0.25) is 5.02 Å². The maximum Gasteiger partial charge on any atom is 0.274 e. The Bertz CT molecular complexity index is 997. The molecule has 0 unspecified atom stereocenters. The van der Waals surface area contributed by atoms with E-state index < -0.39 is 22.0 Å². The standard InChI is InChI=1S/C18H13ClI2N4O4/c19-13-10(7-22)3-6-12(14(13)20)23-15-16(21)29-8-25(24-17(15)27)18(28)9-1-4-11(26)5-2-9/h1-6,15-16,23,26H,8H2,(H,24,27)/t15-,16-/m1/s1. The molecule has 29 heavy (non-hydrogen) atoms. The van der Waals surface area contributed by atoms with Crippen LogP contribution in [0.15, 0.2) is 36.4 Å². The fourth-order valence-corrected chi connectivity index (χ4v) is 4.01. The number of aromatic hydroxyl groups is 1. The molecule has 3 N–H and O–H groups in total. The number of hydrogen-bond donors (Lipinski definition) is 3. The van der Waals surface area contributed by atoms with Gasteiger partial charge < -0.3 is 15.2 Å². The molecule has 2 amide bonds. The molecule has 1 aliphatic heterocycles. The predicted octanol–water partition coefficient (Wildman–Crippen LogP) is 3.22. The first-order valence-electron chi connectivity index (χ1n) is 8.13. The molecular weight excluding hydrogens is 625 g/mol. The number of amides is 2. The van der Waals surface area contributed by atoms with E-state index in [1.165, 1.54) is 24.3 Å². The first-order valence-corrected chi connectivity index (χ1v) is 10.8. The van der Waals surface area contributed by atoms with Gasteiger partial charge in [-0.3, -0.25) is 15.0 Å². The van der Waals surface area contributed by atoms with E-state index in [0.717, 1.165) is 5.01 Å². The Morgan fingerprint density at radius 1 is 1.34 bits per heavy atom. The second-order valence-corrected chi connectivity index (χ2v) is 8.61. The van der Waals surface area contributed by atoms with Crippen LogP contribution in [-0.4, -0.2) is 38.8 Å². The molecule has 1 aliphatic rings. The number of nitrogens with one attached hydrogen (secondary N) is 2. The molecule has 150 valence electrons. The van der Waals surface area contributed by atoms with E-state index in [1.54, 1.807) is 12.1 Å². The van der Waals surface area contributed by atoms with Crippen molar-refractivity contribution in [2.75, 3.05) is 12.0 Å². The van der Waals surface area contributed by atoms with Crippen LogP contribution in [0, 0.1) is 14.9 Å². The Hall–Kier alpha value is -1.82. The summed E-state index contributed by atoms with van der Waals surface area (Å²) in [4.78, 5) is 25.4. The number of carbonyl (C=O) groups excluding carboxylic acids is 2. The number of hydrogen-bond acceptors (Lipinski definition) is 6. The Morgan fingerprint density at radius 2 is 2.03 bits per heavy atom. The Kier molecular flexibility index (Phi) is 7.04. The first kappa shape index (κ1) is 21.9. The lowest BCUT2D eigenvalue weighted by atomic mass is 10.2. The van der Waals surface area contributed by atoms with Crippen molar-refractivity contribution in [1.82, 2.24) is 10.4 Å². The van der Waals surface area contributed by atoms with Gasteiger partial charge in [-0.25, -0.2) is 5.01 Å². The van der Waals surface area contributed by atoms with Gasteiger partial charge in [0.1, 0.15) is 28.7 Å². The maximum absolute atomic E-state index is 12.8. The summed E-state index contributed by atoms with van der Waals surface area (Å²) in [5.41, 5.74) is 3.74. The number of anilines is 1. The van der Waals surface area contributed by atoms with Crippen LogP contribution in [0.4, 0.5) is 5.69 Å². The number of phenolic OH excluding ortho intramolecular Hbond substituents is 1. The molecule has 1 saturated heterocycles. The number of alkyl halides is 1. The van der Waals surface area contributed by atoms with Crippen LogP contribution in [0.3, 0.4) is 0 Å². The molecule has 1 fully saturated rings. The van der Waals surface area contributed by atoms with Crippen molar-refractivity contribution < 1.29 is 19.4 Å². The minimum absolute atomic E-state index is 0.0324. The van der Waals surface area contributed by atoms with Crippen LogP contribution in [0.1, 0.15) is 15.9 Å². The van der Waals surface area contributed by atoms with Gasteiger partial charge in [-0.05, 0) is 81.6 Å². The smallest absolute Gasteiger partial charge is 0.274 e. The number of halogens is 3. The molecule has 3 rings (SSSR count). The first-order chi connectivity index (χ1) is 13.8. The Balaban J connectivity index is 1.78. The minimum atomic E-state index is -0.814. The van der Waals surface area contributed by atoms with Gasteiger partial charge in [-0.2, -0.15) is 5.26 Å². The monoisotopic (exact) mass is 638 g/mol. The second-order valence-electron chi connectivity index (χ2n) is 5.93. The molecule has 11 heteroatoms. The van der Waals surface area contributed by atoms with Crippen molar-refractivity contribution in [2.45, 2.75) is 10.2 Å². The van der Waals surface area contributed by atoms with Crippen molar-refractivity contribution in [1.29, 1.82) is 5.26 Å². The number of nitrogens with zero attached hydrogens (tertiary/aromatic N) is 2. The lowest BCUT2D eigenvalue weighted by Crippen LogP contribution is -2.50. The quantitative estimate of drug-likeness (QED) is 0.352. The number of carbonyl (C=O) groups is 2. The van der Waals surface area contributed by atoms with Gasteiger partial charge >= 0.3 is 0 Å². The Labute approximate surface area is 198 Å². The summed E-state index contributed by atoms with van der Waals surface area (Å²) >= 11 is 10.2. The summed E-state index contributed by atoms with van der Waals surface area (Å²) in [7, 11) is 0. The van der Waals surface area contributed by atoms with Crippen LogP contribution in [-0.2, 0) is 9.53 Å². The third-order valence-electron chi connectivity index (χ3n) is 4.03. The van der Waals surface area contributed by atoms with E-state index in [-0.39, 0.29) is 18.0 Å². The van der Waals surface area contributed by atoms with E-state index >= 15 is 0 Å².